The van der Waals surface area contributed by atoms with Crippen molar-refractivity contribution in [1.82, 2.24) is 4.90 Å². The first-order valence-electron chi connectivity index (χ1n) is 6.43. The third-order valence-electron chi connectivity index (χ3n) is 3.33. The van der Waals surface area contributed by atoms with Gasteiger partial charge in [0.05, 0.1) is 9.35 Å². The summed E-state index contributed by atoms with van der Waals surface area (Å²) >= 11 is 4.89. The maximum atomic E-state index is 12.9. The Balaban J connectivity index is 1.79. The van der Waals surface area contributed by atoms with E-state index in [0.717, 1.165) is 27.8 Å². The molecule has 1 aliphatic rings. The molecule has 0 bridgehead atoms. The van der Waals surface area contributed by atoms with E-state index in [1.807, 2.05) is 16.3 Å². The Labute approximate surface area is 129 Å². The fraction of sp³-hybridized carbons (Fsp3) is 0.267. The molecule has 1 heterocycles. The number of hydrogen-bond donors (Lipinski definition) is 0. The zero-order chi connectivity index (χ0) is 14.1. The van der Waals surface area contributed by atoms with Crippen LogP contribution in [0.15, 0.2) is 39.5 Å². The molecule has 5 heteroatoms. The molecule has 0 radical (unpaired) electrons. The summed E-state index contributed by atoms with van der Waals surface area (Å²) in [4.78, 5) is 14.4. The van der Waals surface area contributed by atoms with Crippen LogP contribution in [0.3, 0.4) is 0 Å². The molecule has 2 aromatic rings. The van der Waals surface area contributed by atoms with E-state index in [1.165, 1.54) is 23.5 Å². The molecule has 1 aromatic carbocycles. The molecule has 1 aromatic heterocycles. The van der Waals surface area contributed by atoms with Crippen LogP contribution in [0.1, 0.15) is 28.8 Å². The third kappa shape index (κ3) is 3.10. The predicted molar refractivity (Wildman–Crippen MR) is 81.3 cm³/mol. The van der Waals surface area contributed by atoms with Gasteiger partial charge in [0, 0.05) is 18.0 Å². The van der Waals surface area contributed by atoms with Crippen LogP contribution < -0.4 is 0 Å². The lowest BCUT2D eigenvalue weighted by atomic mass is 10.2. The first-order chi connectivity index (χ1) is 9.63. The molecule has 2 nitrogen and oxygen atoms in total. The monoisotopic (exact) mass is 353 g/mol. The summed E-state index contributed by atoms with van der Waals surface area (Å²) < 4.78 is 13.9. The molecular weight excluding hydrogens is 341 g/mol. The molecule has 0 atom stereocenters. The van der Waals surface area contributed by atoms with Crippen molar-refractivity contribution in [2.45, 2.75) is 25.4 Å². The molecule has 1 saturated carbocycles. The fourth-order valence-electron chi connectivity index (χ4n) is 2.13. The number of nitrogens with zero attached hydrogens (tertiary/aromatic N) is 1. The van der Waals surface area contributed by atoms with Crippen LogP contribution in [-0.4, -0.2) is 16.8 Å². The maximum Gasteiger partial charge on any atom is 0.255 e. The van der Waals surface area contributed by atoms with Crippen molar-refractivity contribution in [2.24, 2.45) is 0 Å². The summed E-state index contributed by atoms with van der Waals surface area (Å²) in [6.07, 6.45) is 2.11. The van der Waals surface area contributed by atoms with Crippen LogP contribution in [0.2, 0.25) is 0 Å². The van der Waals surface area contributed by atoms with E-state index in [4.69, 9.17) is 0 Å². The molecule has 20 heavy (non-hydrogen) atoms. The summed E-state index contributed by atoms with van der Waals surface area (Å²) in [5, 5.41) is 1.87. The molecule has 0 unspecified atom stereocenters. The lowest BCUT2D eigenvalue weighted by Gasteiger charge is -2.22. The maximum absolute atomic E-state index is 12.9. The second-order valence-corrected chi connectivity index (χ2v) is 7.22. The van der Waals surface area contributed by atoms with E-state index >= 15 is 0 Å². The van der Waals surface area contributed by atoms with Crippen molar-refractivity contribution in [1.29, 1.82) is 0 Å². The molecule has 1 aliphatic carbocycles. The molecule has 104 valence electrons. The topological polar surface area (TPSA) is 20.3 Å². The van der Waals surface area contributed by atoms with Crippen molar-refractivity contribution in [3.05, 3.63) is 56.4 Å². The van der Waals surface area contributed by atoms with Gasteiger partial charge >= 0.3 is 0 Å². The second kappa shape index (κ2) is 5.66. The fourth-order valence-corrected chi connectivity index (χ4v) is 3.26. The summed E-state index contributed by atoms with van der Waals surface area (Å²) in [6.45, 7) is 0.539. The van der Waals surface area contributed by atoms with E-state index in [0.29, 0.717) is 12.6 Å². The van der Waals surface area contributed by atoms with Gasteiger partial charge in [-0.05, 0) is 52.5 Å². The summed E-state index contributed by atoms with van der Waals surface area (Å²) in [6, 6.07) is 8.53. The average Bonchev–Trinajstić information content (AvgIpc) is 3.19. The number of halogens is 2. The highest BCUT2D eigenvalue weighted by atomic mass is 79.9. The SMILES string of the molecule is O=C(c1csc(Br)c1)N(Cc1ccc(F)cc1)C1CC1. The minimum absolute atomic E-state index is 0.0544. The average molecular weight is 354 g/mol. The molecule has 0 saturated heterocycles. The lowest BCUT2D eigenvalue weighted by Crippen LogP contribution is -2.32. The Morgan fingerprint density at radius 1 is 1.35 bits per heavy atom. The highest BCUT2D eigenvalue weighted by molar-refractivity contribution is 9.11. The first kappa shape index (κ1) is 13.8. The zero-order valence-corrected chi connectivity index (χ0v) is 13.1. The number of benzene rings is 1. The van der Waals surface area contributed by atoms with Crippen LogP contribution >= 0.6 is 27.3 Å². The van der Waals surface area contributed by atoms with Crippen LogP contribution in [0, 0.1) is 5.82 Å². The summed E-state index contributed by atoms with van der Waals surface area (Å²) in [5.74, 6) is -0.196. The minimum atomic E-state index is -0.250. The number of rotatable bonds is 4. The Morgan fingerprint density at radius 2 is 2.05 bits per heavy atom. The van der Waals surface area contributed by atoms with E-state index in [2.05, 4.69) is 15.9 Å². The summed E-state index contributed by atoms with van der Waals surface area (Å²) in [5.41, 5.74) is 1.68. The molecule has 0 aliphatic heterocycles. The van der Waals surface area contributed by atoms with E-state index < -0.39 is 0 Å². The molecule has 3 rings (SSSR count). The van der Waals surface area contributed by atoms with Gasteiger partial charge in [-0.25, -0.2) is 4.39 Å². The van der Waals surface area contributed by atoms with Crippen molar-refractivity contribution in [3.8, 4) is 0 Å². The van der Waals surface area contributed by atoms with Gasteiger partial charge in [0.25, 0.3) is 5.91 Å². The lowest BCUT2D eigenvalue weighted by molar-refractivity contribution is 0.0730. The van der Waals surface area contributed by atoms with Crippen LogP contribution in [0.25, 0.3) is 0 Å². The van der Waals surface area contributed by atoms with Crippen LogP contribution in [0.5, 0.6) is 0 Å². The quantitative estimate of drug-likeness (QED) is 0.794. The highest BCUT2D eigenvalue weighted by Gasteiger charge is 2.33. The Morgan fingerprint density at radius 3 is 2.60 bits per heavy atom. The van der Waals surface area contributed by atoms with Crippen molar-refractivity contribution in [3.63, 3.8) is 0 Å². The number of amides is 1. The summed E-state index contributed by atoms with van der Waals surface area (Å²) in [7, 11) is 0. The van der Waals surface area contributed by atoms with Gasteiger partial charge in [0.15, 0.2) is 0 Å². The normalized spacial score (nSPS) is 14.3. The molecule has 1 amide bonds. The second-order valence-electron chi connectivity index (χ2n) is 4.93. The van der Waals surface area contributed by atoms with Gasteiger partial charge in [-0.15, -0.1) is 11.3 Å². The van der Waals surface area contributed by atoms with E-state index in [1.54, 1.807) is 12.1 Å². The van der Waals surface area contributed by atoms with Crippen LogP contribution in [-0.2, 0) is 6.54 Å². The number of carbonyl (C=O) groups excluding carboxylic acids is 1. The number of carbonyl (C=O) groups is 1. The van der Waals surface area contributed by atoms with Gasteiger partial charge in [-0.3, -0.25) is 4.79 Å². The first-order valence-corrected chi connectivity index (χ1v) is 8.10. The van der Waals surface area contributed by atoms with Crippen molar-refractivity contribution >= 4 is 33.2 Å². The van der Waals surface area contributed by atoms with E-state index in [9.17, 15) is 9.18 Å². The number of thiophene rings is 1. The molecular formula is C15H13BrFNOS. The Hall–Kier alpha value is -1.20. The molecule has 1 fully saturated rings. The van der Waals surface area contributed by atoms with Gasteiger partial charge < -0.3 is 4.90 Å². The Kier molecular flexibility index (Phi) is 3.89. The van der Waals surface area contributed by atoms with Gasteiger partial charge in [0.2, 0.25) is 0 Å². The zero-order valence-electron chi connectivity index (χ0n) is 10.7. The minimum Gasteiger partial charge on any atom is -0.331 e. The third-order valence-corrected chi connectivity index (χ3v) is 4.83. The van der Waals surface area contributed by atoms with Gasteiger partial charge in [0.1, 0.15) is 5.82 Å². The predicted octanol–water partition coefficient (Wildman–Crippen LogP) is 4.45. The van der Waals surface area contributed by atoms with Crippen molar-refractivity contribution < 1.29 is 9.18 Å². The van der Waals surface area contributed by atoms with Gasteiger partial charge in [-0.1, -0.05) is 12.1 Å². The molecule has 0 spiro atoms. The van der Waals surface area contributed by atoms with Crippen LogP contribution in [0.4, 0.5) is 4.39 Å². The highest BCUT2D eigenvalue weighted by Crippen LogP contribution is 2.31. The smallest absolute Gasteiger partial charge is 0.255 e. The van der Waals surface area contributed by atoms with Gasteiger partial charge in [-0.2, -0.15) is 0 Å². The standard InChI is InChI=1S/C15H13BrFNOS/c16-14-7-11(9-20-14)15(19)18(13-5-6-13)8-10-1-3-12(17)4-2-10/h1-4,7,9,13H,5-6,8H2. The Bertz CT molecular complexity index is 621. The largest absolute Gasteiger partial charge is 0.331 e. The molecule has 0 N–H and O–H groups in total. The van der Waals surface area contributed by atoms with E-state index in [-0.39, 0.29) is 11.7 Å². The number of hydrogen-bond acceptors (Lipinski definition) is 2. The van der Waals surface area contributed by atoms with Crippen molar-refractivity contribution in [2.75, 3.05) is 0 Å².